The molecule has 28 heavy (non-hydrogen) atoms. The zero-order chi connectivity index (χ0) is 20.1. The van der Waals surface area contributed by atoms with Gasteiger partial charge in [0.05, 0.1) is 5.56 Å². The predicted molar refractivity (Wildman–Crippen MR) is 113 cm³/mol. The van der Waals surface area contributed by atoms with E-state index in [4.69, 9.17) is 0 Å². The maximum absolute atomic E-state index is 12.9. The number of anilines is 1. The Morgan fingerprint density at radius 2 is 1.54 bits per heavy atom. The molecule has 3 aromatic carbocycles. The van der Waals surface area contributed by atoms with E-state index in [1.54, 1.807) is 48.5 Å². The van der Waals surface area contributed by atoms with Crippen molar-refractivity contribution in [1.82, 2.24) is 0 Å². The van der Waals surface area contributed by atoms with E-state index in [1.807, 2.05) is 18.2 Å². The van der Waals surface area contributed by atoms with Crippen molar-refractivity contribution in [3.05, 3.63) is 94.5 Å². The second kappa shape index (κ2) is 8.50. The predicted octanol–water partition coefficient (Wildman–Crippen LogP) is 2.98. The van der Waals surface area contributed by atoms with Gasteiger partial charge in [0.15, 0.2) is 5.78 Å². The molecule has 0 aromatic heterocycles. The number of amidine groups is 1. The normalized spacial score (nSPS) is 11.9. The molecule has 2 N–H and O–H groups in total. The highest BCUT2D eigenvalue weighted by molar-refractivity contribution is 9.10. The van der Waals surface area contributed by atoms with Crippen LogP contribution < -0.4 is 9.71 Å². The van der Waals surface area contributed by atoms with Crippen molar-refractivity contribution in [2.24, 2.45) is 0 Å². The molecule has 0 amide bonds. The minimum Gasteiger partial charge on any atom is -0.295 e. The molecule has 0 fully saturated rings. The molecule has 0 atom stereocenters. The minimum absolute atomic E-state index is 0.0691. The van der Waals surface area contributed by atoms with Gasteiger partial charge in [-0.05, 0) is 55.5 Å². The molecule has 0 aliphatic rings. The van der Waals surface area contributed by atoms with Crippen LogP contribution in [0.15, 0.2) is 88.2 Å². The maximum atomic E-state index is 12.9. The van der Waals surface area contributed by atoms with Crippen molar-refractivity contribution < 1.29 is 17.6 Å². The molecule has 5 nitrogen and oxygen atoms in total. The molecule has 0 aliphatic heterocycles. The summed E-state index contributed by atoms with van der Waals surface area (Å²) in [5, 5.41) is 3.09. The molecule has 0 saturated carbocycles. The minimum atomic E-state index is -3.81. The van der Waals surface area contributed by atoms with Crippen LogP contribution in [0.1, 0.15) is 22.8 Å². The number of nitrogens with one attached hydrogen (secondary N) is 2. The second-order valence-corrected chi connectivity index (χ2v) is 8.66. The van der Waals surface area contributed by atoms with Crippen LogP contribution in [0.4, 0.5) is 5.69 Å². The number of ketones is 1. The lowest BCUT2D eigenvalue weighted by atomic mass is 10.1. The first kappa shape index (κ1) is 20.0. The highest BCUT2D eigenvalue weighted by Gasteiger charge is 2.20. The van der Waals surface area contributed by atoms with E-state index in [0.717, 1.165) is 4.47 Å². The highest BCUT2D eigenvalue weighted by atomic mass is 79.9. The number of carbonyl (C=O) groups is 1. The van der Waals surface area contributed by atoms with Crippen LogP contribution in [-0.4, -0.2) is 20.0 Å². The second-order valence-electron chi connectivity index (χ2n) is 6.06. The van der Waals surface area contributed by atoms with Gasteiger partial charge in [0.25, 0.3) is 5.84 Å². The van der Waals surface area contributed by atoms with Gasteiger partial charge >= 0.3 is 10.0 Å². The molecule has 0 radical (unpaired) electrons. The summed E-state index contributed by atoms with van der Waals surface area (Å²) in [5.41, 5.74) is 1.80. The summed E-state index contributed by atoms with van der Waals surface area (Å²) in [7, 11) is -3.81. The number of benzene rings is 3. The Morgan fingerprint density at radius 1 is 0.893 bits per heavy atom. The fourth-order valence-corrected chi connectivity index (χ4v) is 3.84. The van der Waals surface area contributed by atoms with E-state index < -0.39 is 10.0 Å². The Labute approximate surface area is 172 Å². The fraction of sp³-hybridized carbons (Fsp3) is 0.0476. The van der Waals surface area contributed by atoms with E-state index >= 15 is 0 Å². The standard InChI is InChI=1S/C21H17BrN2O3S/c1-15(25)17-8-5-9-19(14-17)23-21(16-6-3-2-4-7-16)24-28(26,27)20-12-10-18(22)11-13-20/h2-14H,1H3,(H,23,24)/p+1. The van der Waals surface area contributed by atoms with Crippen LogP contribution in [0.3, 0.4) is 0 Å². The van der Waals surface area contributed by atoms with Crippen LogP contribution in [0.2, 0.25) is 0 Å². The van der Waals surface area contributed by atoms with Gasteiger partial charge in [0.2, 0.25) is 0 Å². The van der Waals surface area contributed by atoms with Crippen LogP contribution in [0, 0.1) is 0 Å². The molecule has 0 unspecified atom stereocenters. The van der Waals surface area contributed by atoms with E-state index in [-0.39, 0.29) is 10.7 Å². The summed E-state index contributed by atoms with van der Waals surface area (Å²) in [6, 6.07) is 22.3. The molecule has 0 saturated heterocycles. The molecule has 0 heterocycles. The van der Waals surface area contributed by atoms with Gasteiger partial charge in [0.1, 0.15) is 10.6 Å². The third kappa shape index (κ3) is 4.94. The van der Waals surface area contributed by atoms with Crippen LogP contribution in [0.5, 0.6) is 0 Å². The summed E-state index contributed by atoms with van der Waals surface area (Å²) in [6.45, 7) is 1.48. The number of sulfonamides is 1. The van der Waals surface area contributed by atoms with Gasteiger partial charge in [-0.3, -0.25) is 4.79 Å². The number of rotatable bonds is 5. The molecule has 0 spiro atoms. The van der Waals surface area contributed by atoms with Crippen molar-refractivity contribution in [3.63, 3.8) is 0 Å². The Bertz CT molecular complexity index is 1130. The third-order valence-electron chi connectivity index (χ3n) is 3.96. The Kier molecular flexibility index (Phi) is 6.06. The maximum Gasteiger partial charge on any atom is 0.328 e. The lowest BCUT2D eigenvalue weighted by Gasteiger charge is -2.06. The van der Waals surface area contributed by atoms with Gasteiger partial charge in [-0.2, -0.15) is 12.8 Å². The average molecular weight is 458 g/mol. The van der Waals surface area contributed by atoms with Crippen molar-refractivity contribution >= 4 is 43.3 Å². The fourth-order valence-electron chi connectivity index (χ4n) is 2.53. The summed E-state index contributed by atoms with van der Waals surface area (Å²) < 4.78 is 29.1. The molecule has 0 aliphatic carbocycles. The summed E-state index contributed by atoms with van der Waals surface area (Å²) in [5.74, 6) is 0.226. The molecule has 142 valence electrons. The van der Waals surface area contributed by atoms with E-state index in [9.17, 15) is 13.2 Å². The van der Waals surface area contributed by atoms with Gasteiger partial charge in [-0.1, -0.05) is 46.3 Å². The largest absolute Gasteiger partial charge is 0.328 e. The zero-order valence-electron chi connectivity index (χ0n) is 15.0. The summed E-state index contributed by atoms with van der Waals surface area (Å²) in [4.78, 5) is 11.8. The first-order valence-corrected chi connectivity index (χ1v) is 10.7. The van der Waals surface area contributed by atoms with Gasteiger partial charge in [-0.25, -0.2) is 5.32 Å². The zero-order valence-corrected chi connectivity index (χ0v) is 17.4. The molecule has 7 heteroatoms. The van der Waals surface area contributed by atoms with E-state index in [2.05, 4.69) is 25.6 Å². The molecule has 0 bridgehead atoms. The quantitative estimate of drug-likeness (QED) is 0.350. The number of carbonyl (C=O) groups excluding carboxylic acids is 1. The SMILES string of the molecule is CC(=O)c1cccc(NC(=[NH+]S(=O)(=O)c2ccc(Br)cc2)c2ccccc2)c1. The van der Waals surface area contributed by atoms with Crippen molar-refractivity contribution in [2.75, 3.05) is 5.32 Å². The number of hydrogen-bond acceptors (Lipinski definition) is 3. The lowest BCUT2D eigenvalue weighted by molar-refractivity contribution is -0.266. The molecule has 3 rings (SSSR count). The van der Waals surface area contributed by atoms with Gasteiger partial charge in [0, 0.05) is 10.0 Å². The Hall–Kier alpha value is -2.77. The summed E-state index contributed by atoms with van der Waals surface area (Å²) in [6.07, 6.45) is 0. The van der Waals surface area contributed by atoms with Crippen LogP contribution in [0.25, 0.3) is 0 Å². The van der Waals surface area contributed by atoms with Crippen molar-refractivity contribution in [1.29, 1.82) is 0 Å². The number of Topliss-reactive ketones (excluding diaryl/α,β-unsaturated/α-hetero) is 1. The van der Waals surface area contributed by atoms with Crippen LogP contribution >= 0.6 is 15.9 Å². The first-order chi connectivity index (χ1) is 13.3. The molecular formula is C21H18BrN2O3S+. The highest BCUT2D eigenvalue weighted by Crippen LogP contribution is 2.14. The average Bonchev–Trinajstić information content (AvgIpc) is 2.68. The first-order valence-electron chi connectivity index (χ1n) is 8.44. The van der Waals surface area contributed by atoms with Gasteiger partial charge in [-0.15, -0.1) is 0 Å². The van der Waals surface area contributed by atoms with E-state index in [1.165, 1.54) is 19.1 Å². The van der Waals surface area contributed by atoms with Gasteiger partial charge < -0.3 is 0 Å². The monoisotopic (exact) mass is 457 g/mol. The van der Waals surface area contributed by atoms with Crippen LogP contribution in [-0.2, 0) is 10.0 Å². The third-order valence-corrected chi connectivity index (χ3v) is 5.86. The van der Waals surface area contributed by atoms with Crippen molar-refractivity contribution in [2.45, 2.75) is 11.8 Å². The topological polar surface area (TPSA) is 77.2 Å². The lowest BCUT2D eigenvalue weighted by Crippen LogP contribution is -2.78. The summed E-state index contributed by atoms with van der Waals surface area (Å²) >= 11 is 3.30. The Morgan fingerprint density at radius 3 is 2.18 bits per heavy atom. The number of hydrogen-bond donors (Lipinski definition) is 2. The molecular weight excluding hydrogens is 440 g/mol. The smallest absolute Gasteiger partial charge is 0.295 e. The van der Waals surface area contributed by atoms with Crippen molar-refractivity contribution in [3.8, 4) is 0 Å². The molecule has 3 aromatic rings. The number of halogens is 1. The van der Waals surface area contributed by atoms with E-state index in [0.29, 0.717) is 22.6 Å². The Balaban J connectivity index is 2.05.